The first-order chi connectivity index (χ1) is 17.4. The van der Waals surface area contributed by atoms with Crippen LogP contribution in [0.25, 0.3) is 11.5 Å². The number of rotatable bonds is 11. The first kappa shape index (κ1) is 25.6. The number of nitrogens with zero attached hydrogens (tertiary/aromatic N) is 3. The molecule has 0 spiro atoms. The molecule has 4 rings (SSSR count). The molecule has 0 aliphatic carbocycles. The normalized spacial score (nSPS) is 13.1. The van der Waals surface area contributed by atoms with Gasteiger partial charge in [-0.05, 0) is 55.3 Å². The third kappa shape index (κ3) is 5.85. The summed E-state index contributed by atoms with van der Waals surface area (Å²) in [5.41, 5.74) is 0.888. The van der Waals surface area contributed by atoms with Crippen LogP contribution in [0.4, 0.5) is 6.01 Å². The molecule has 1 amide bonds. The van der Waals surface area contributed by atoms with E-state index in [0.29, 0.717) is 43.4 Å². The maximum Gasteiger partial charge on any atom is 0.322 e. The van der Waals surface area contributed by atoms with E-state index in [1.807, 2.05) is 13.8 Å². The second-order valence-electron chi connectivity index (χ2n) is 8.36. The van der Waals surface area contributed by atoms with Gasteiger partial charge in [0, 0.05) is 24.2 Å². The van der Waals surface area contributed by atoms with Gasteiger partial charge in [0.1, 0.15) is 13.2 Å². The summed E-state index contributed by atoms with van der Waals surface area (Å²) in [6, 6.07) is 11.0. The van der Waals surface area contributed by atoms with Crippen LogP contribution in [0.3, 0.4) is 0 Å². The molecule has 2 heterocycles. The fourth-order valence-electron chi connectivity index (χ4n) is 3.68. The van der Waals surface area contributed by atoms with Gasteiger partial charge >= 0.3 is 6.01 Å². The minimum atomic E-state index is -3.64. The number of sulfonamides is 1. The summed E-state index contributed by atoms with van der Waals surface area (Å²) in [6.45, 7) is 5.96. The van der Waals surface area contributed by atoms with Crippen molar-refractivity contribution in [2.45, 2.75) is 44.4 Å². The largest absolute Gasteiger partial charge is 0.486 e. The molecule has 0 saturated heterocycles. The lowest BCUT2D eigenvalue weighted by atomic mass is 10.2. The van der Waals surface area contributed by atoms with Crippen LogP contribution in [0.2, 0.25) is 0 Å². The molecule has 0 radical (unpaired) electrons. The maximum absolute atomic E-state index is 13.1. The molecular weight excluding hydrogens is 484 g/mol. The number of hydrogen-bond acceptors (Lipinski definition) is 8. The van der Waals surface area contributed by atoms with Crippen LogP contribution in [-0.4, -0.2) is 55.1 Å². The van der Waals surface area contributed by atoms with E-state index in [1.165, 1.54) is 28.6 Å². The van der Waals surface area contributed by atoms with Crippen molar-refractivity contribution in [3.63, 3.8) is 0 Å². The van der Waals surface area contributed by atoms with Gasteiger partial charge in [-0.15, -0.1) is 5.10 Å². The summed E-state index contributed by atoms with van der Waals surface area (Å²) >= 11 is 0. The van der Waals surface area contributed by atoms with Crippen LogP contribution < -0.4 is 14.8 Å². The van der Waals surface area contributed by atoms with Crippen molar-refractivity contribution in [2.75, 3.05) is 31.6 Å². The van der Waals surface area contributed by atoms with Crippen molar-refractivity contribution in [3.8, 4) is 23.0 Å². The molecule has 10 nitrogen and oxygen atoms in total. The Morgan fingerprint density at radius 1 is 0.944 bits per heavy atom. The molecule has 3 aromatic rings. The van der Waals surface area contributed by atoms with Crippen molar-refractivity contribution in [1.82, 2.24) is 14.5 Å². The summed E-state index contributed by atoms with van der Waals surface area (Å²) in [4.78, 5) is 12.9. The van der Waals surface area contributed by atoms with Gasteiger partial charge in [0.05, 0.1) is 4.90 Å². The third-order valence-corrected chi connectivity index (χ3v) is 7.62. The Bertz CT molecular complexity index is 1280. The molecule has 1 aliphatic rings. The average Bonchev–Trinajstić information content (AvgIpc) is 3.37. The van der Waals surface area contributed by atoms with Gasteiger partial charge in [0.15, 0.2) is 11.5 Å². The molecule has 0 bridgehead atoms. The van der Waals surface area contributed by atoms with Crippen LogP contribution in [0, 0.1) is 0 Å². The second-order valence-corrected chi connectivity index (χ2v) is 10.3. The molecule has 36 heavy (non-hydrogen) atoms. The van der Waals surface area contributed by atoms with Gasteiger partial charge in [-0.2, -0.15) is 4.31 Å². The Kier molecular flexibility index (Phi) is 8.21. The lowest BCUT2D eigenvalue weighted by Crippen LogP contribution is -2.33. The van der Waals surface area contributed by atoms with Gasteiger partial charge in [-0.25, -0.2) is 8.42 Å². The van der Waals surface area contributed by atoms with Crippen molar-refractivity contribution < 1.29 is 27.1 Å². The van der Waals surface area contributed by atoms with Crippen molar-refractivity contribution in [1.29, 1.82) is 0 Å². The van der Waals surface area contributed by atoms with E-state index in [4.69, 9.17) is 13.9 Å². The highest BCUT2D eigenvalue weighted by Crippen LogP contribution is 2.34. The molecule has 192 valence electrons. The molecule has 11 heteroatoms. The minimum absolute atomic E-state index is 0.0770. The Morgan fingerprint density at radius 2 is 1.61 bits per heavy atom. The van der Waals surface area contributed by atoms with E-state index < -0.39 is 15.9 Å². The summed E-state index contributed by atoms with van der Waals surface area (Å²) in [5, 5.41) is 10.4. The third-order valence-electron chi connectivity index (χ3n) is 5.71. The van der Waals surface area contributed by atoms with Gasteiger partial charge < -0.3 is 13.9 Å². The number of unbranched alkanes of at least 4 members (excludes halogenated alkanes) is 2. The number of anilines is 1. The number of amides is 1. The predicted molar refractivity (Wildman–Crippen MR) is 134 cm³/mol. The smallest absolute Gasteiger partial charge is 0.322 e. The molecule has 2 aromatic carbocycles. The monoisotopic (exact) mass is 514 g/mol. The summed E-state index contributed by atoms with van der Waals surface area (Å²) < 4.78 is 44.4. The number of carbonyl (C=O) groups excluding carboxylic acids is 1. The second kappa shape index (κ2) is 11.5. The zero-order valence-corrected chi connectivity index (χ0v) is 21.2. The van der Waals surface area contributed by atoms with Crippen LogP contribution in [0.1, 0.15) is 49.9 Å². The number of aromatic nitrogens is 2. The van der Waals surface area contributed by atoms with E-state index in [9.17, 15) is 13.2 Å². The fraction of sp³-hybridized carbons (Fsp3) is 0.400. The minimum Gasteiger partial charge on any atom is -0.486 e. The van der Waals surface area contributed by atoms with Crippen LogP contribution in [0.15, 0.2) is 51.8 Å². The molecule has 1 N–H and O–H groups in total. The number of hydrogen-bond donors (Lipinski definition) is 1. The predicted octanol–water partition coefficient (Wildman–Crippen LogP) is 4.35. The van der Waals surface area contributed by atoms with Gasteiger partial charge in [-0.3, -0.25) is 10.1 Å². The number of carbonyl (C=O) groups is 1. The zero-order valence-electron chi connectivity index (χ0n) is 20.4. The van der Waals surface area contributed by atoms with Gasteiger partial charge in [-0.1, -0.05) is 31.8 Å². The Morgan fingerprint density at radius 3 is 2.28 bits per heavy atom. The van der Waals surface area contributed by atoms with Crippen LogP contribution in [-0.2, 0) is 10.0 Å². The summed E-state index contributed by atoms with van der Waals surface area (Å²) in [7, 11) is -3.64. The molecule has 1 aliphatic heterocycles. The first-order valence-corrected chi connectivity index (χ1v) is 13.5. The quantitative estimate of drug-likeness (QED) is 0.400. The van der Waals surface area contributed by atoms with E-state index in [-0.39, 0.29) is 22.4 Å². The van der Waals surface area contributed by atoms with E-state index in [0.717, 1.165) is 25.7 Å². The number of benzene rings is 2. The highest BCUT2D eigenvalue weighted by Gasteiger charge is 2.24. The van der Waals surface area contributed by atoms with Crippen molar-refractivity contribution in [3.05, 3.63) is 48.0 Å². The topological polar surface area (TPSA) is 124 Å². The maximum atomic E-state index is 13.1. The molecule has 1 aromatic heterocycles. The molecule has 0 atom stereocenters. The highest BCUT2D eigenvalue weighted by atomic mass is 32.2. The van der Waals surface area contributed by atoms with Gasteiger partial charge in [0.25, 0.3) is 5.91 Å². The SMILES string of the molecule is CCCCN(CCCC)S(=O)(=O)c1ccc(C(=O)Nc2nnc(-c3ccc4c(c3)OCCO4)o2)cc1. The Labute approximate surface area is 210 Å². The van der Waals surface area contributed by atoms with Crippen molar-refractivity contribution >= 4 is 21.9 Å². The number of fused-ring (bicyclic) bond motifs is 1. The molecule has 0 saturated carbocycles. The molecule has 0 fully saturated rings. The summed E-state index contributed by atoms with van der Waals surface area (Å²) in [5.74, 6) is 0.941. The standard InChI is InChI=1S/C25H30N4O6S/c1-3-5-13-29(14-6-4-2)36(31,32)20-10-7-18(8-11-20)23(30)26-25-28-27-24(35-25)19-9-12-21-22(17-19)34-16-15-33-21/h7-12,17H,3-6,13-16H2,1-2H3,(H,26,28,30). The number of ether oxygens (including phenoxy) is 2. The average molecular weight is 515 g/mol. The van der Waals surface area contributed by atoms with Crippen LogP contribution >= 0.6 is 0 Å². The first-order valence-electron chi connectivity index (χ1n) is 12.1. The van der Waals surface area contributed by atoms with E-state index in [1.54, 1.807) is 18.2 Å². The summed E-state index contributed by atoms with van der Waals surface area (Å²) in [6.07, 6.45) is 3.40. The van der Waals surface area contributed by atoms with Gasteiger partial charge in [0.2, 0.25) is 15.9 Å². The number of nitrogens with one attached hydrogen (secondary N) is 1. The molecule has 0 unspecified atom stereocenters. The fourth-order valence-corrected chi connectivity index (χ4v) is 5.20. The lowest BCUT2D eigenvalue weighted by Gasteiger charge is -2.22. The van der Waals surface area contributed by atoms with E-state index >= 15 is 0 Å². The Hall–Kier alpha value is -3.44. The van der Waals surface area contributed by atoms with Crippen molar-refractivity contribution in [2.24, 2.45) is 0 Å². The van der Waals surface area contributed by atoms with E-state index in [2.05, 4.69) is 15.5 Å². The van der Waals surface area contributed by atoms with Crippen LogP contribution in [0.5, 0.6) is 11.5 Å². The molecular formula is C25H30N4O6S. The lowest BCUT2D eigenvalue weighted by molar-refractivity contribution is 0.102. The Balaban J connectivity index is 1.43. The zero-order chi connectivity index (χ0) is 25.5. The highest BCUT2D eigenvalue weighted by molar-refractivity contribution is 7.89.